The first-order valence-corrected chi connectivity index (χ1v) is 7.16. The summed E-state index contributed by atoms with van der Waals surface area (Å²) in [5.74, 6) is 1.14. The van der Waals surface area contributed by atoms with Crippen LogP contribution in [0.2, 0.25) is 0 Å². The molecule has 1 aliphatic rings. The Morgan fingerprint density at radius 1 is 1.40 bits per heavy atom. The van der Waals surface area contributed by atoms with Crippen LogP contribution in [0.1, 0.15) is 24.7 Å². The highest BCUT2D eigenvalue weighted by Gasteiger charge is 2.25. The fourth-order valence-corrected chi connectivity index (χ4v) is 2.64. The van der Waals surface area contributed by atoms with Gasteiger partial charge in [0.2, 0.25) is 5.91 Å². The van der Waals surface area contributed by atoms with Crippen molar-refractivity contribution in [1.29, 1.82) is 0 Å². The van der Waals surface area contributed by atoms with Crippen LogP contribution >= 0.6 is 0 Å². The van der Waals surface area contributed by atoms with Crippen LogP contribution in [-0.2, 0) is 24.2 Å². The third-order valence-corrected chi connectivity index (χ3v) is 3.95. The lowest BCUT2D eigenvalue weighted by atomic mass is 9.97. The zero-order valence-electron chi connectivity index (χ0n) is 11.7. The molecule has 1 aromatic heterocycles. The van der Waals surface area contributed by atoms with E-state index in [0.29, 0.717) is 0 Å². The standard InChI is InChI=1S/C16H19N3O/c1-2-12-3-5-14(6-4-12)18-16(20)13-7-9-19-10-8-17-15(19)11-13/h3-6,8,10,13H,2,7,9,11H2,1H3,(H,18,20). The van der Waals surface area contributed by atoms with Gasteiger partial charge in [0.15, 0.2) is 0 Å². The summed E-state index contributed by atoms with van der Waals surface area (Å²) in [5.41, 5.74) is 2.16. The number of aryl methyl sites for hydroxylation is 2. The summed E-state index contributed by atoms with van der Waals surface area (Å²) in [4.78, 5) is 16.6. The molecule has 3 rings (SSSR count). The molecule has 0 spiro atoms. The van der Waals surface area contributed by atoms with Gasteiger partial charge >= 0.3 is 0 Å². The third-order valence-electron chi connectivity index (χ3n) is 3.95. The van der Waals surface area contributed by atoms with Crippen molar-refractivity contribution in [3.8, 4) is 0 Å². The van der Waals surface area contributed by atoms with Gasteiger partial charge < -0.3 is 9.88 Å². The van der Waals surface area contributed by atoms with Gasteiger partial charge in [-0.15, -0.1) is 0 Å². The molecule has 4 heteroatoms. The molecule has 1 atom stereocenters. The van der Waals surface area contributed by atoms with E-state index in [1.54, 1.807) is 6.20 Å². The zero-order chi connectivity index (χ0) is 13.9. The van der Waals surface area contributed by atoms with Crippen LogP contribution in [0.15, 0.2) is 36.7 Å². The minimum atomic E-state index is 0.0238. The Bertz CT molecular complexity index is 600. The maximum atomic E-state index is 12.3. The Labute approximate surface area is 118 Å². The molecule has 20 heavy (non-hydrogen) atoms. The van der Waals surface area contributed by atoms with E-state index in [2.05, 4.69) is 33.9 Å². The predicted octanol–water partition coefficient (Wildman–Crippen LogP) is 2.65. The molecule has 2 heterocycles. The molecule has 0 fully saturated rings. The summed E-state index contributed by atoms with van der Waals surface area (Å²) in [7, 11) is 0. The average molecular weight is 269 g/mol. The number of carbonyl (C=O) groups excluding carboxylic acids is 1. The number of amides is 1. The van der Waals surface area contributed by atoms with Crippen LogP contribution in [0, 0.1) is 5.92 Å². The van der Waals surface area contributed by atoms with E-state index < -0.39 is 0 Å². The smallest absolute Gasteiger partial charge is 0.228 e. The van der Waals surface area contributed by atoms with E-state index in [4.69, 9.17) is 0 Å². The molecule has 0 saturated carbocycles. The number of hydrogen-bond donors (Lipinski definition) is 1. The largest absolute Gasteiger partial charge is 0.335 e. The second-order valence-corrected chi connectivity index (χ2v) is 5.27. The Morgan fingerprint density at radius 2 is 2.20 bits per heavy atom. The van der Waals surface area contributed by atoms with Crippen molar-refractivity contribution in [3.05, 3.63) is 48.0 Å². The predicted molar refractivity (Wildman–Crippen MR) is 78.5 cm³/mol. The lowest BCUT2D eigenvalue weighted by Gasteiger charge is -2.22. The molecule has 0 aliphatic carbocycles. The molecule has 1 N–H and O–H groups in total. The van der Waals surface area contributed by atoms with Crippen molar-refractivity contribution in [2.45, 2.75) is 32.7 Å². The summed E-state index contributed by atoms with van der Waals surface area (Å²) in [5, 5.41) is 3.01. The molecular weight excluding hydrogens is 250 g/mol. The molecule has 0 radical (unpaired) electrons. The molecule has 104 valence electrons. The van der Waals surface area contributed by atoms with Crippen LogP contribution in [0.5, 0.6) is 0 Å². The van der Waals surface area contributed by atoms with Crippen molar-refractivity contribution in [3.63, 3.8) is 0 Å². The van der Waals surface area contributed by atoms with Crippen LogP contribution in [0.25, 0.3) is 0 Å². The molecule has 1 aliphatic heterocycles. The van der Waals surface area contributed by atoms with Gasteiger partial charge in [0, 0.05) is 37.0 Å². The SMILES string of the molecule is CCc1ccc(NC(=O)C2CCn3ccnc3C2)cc1. The minimum Gasteiger partial charge on any atom is -0.335 e. The van der Waals surface area contributed by atoms with Crippen molar-refractivity contribution in [2.75, 3.05) is 5.32 Å². The molecule has 1 unspecified atom stereocenters. The Kier molecular flexibility index (Phi) is 3.54. The number of rotatable bonds is 3. The first-order valence-electron chi connectivity index (χ1n) is 7.16. The third kappa shape index (κ3) is 2.59. The number of anilines is 1. The summed E-state index contributed by atoms with van der Waals surface area (Å²) in [6.07, 6.45) is 6.40. The van der Waals surface area contributed by atoms with Gasteiger partial charge in [-0.2, -0.15) is 0 Å². The fourth-order valence-electron chi connectivity index (χ4n) is 2.64. The number of aromatic nitrogens is 2. The van der Waals surface area contributed by atoms with E-state index in [9.17, 15) is 4.79 Å². The molecule has 2 aromatic rings. The zero-order valence-corrected chi connectivity index (χ0v) is 11.7. The number of imidazole rings is 1. The van der Waals surface area contributed by atoms with Crippen molar-refractivity contribution in [1.82, 2.24) is 9.55 Å². The maximum absolute atomic E-state index is 12.3. The molecule has 1 amide bonds. The van der Waals surface area contributed by atoms with Crippen molar-refractivity contribution >= 4 is 11.6 Å². The average Bonchev–Trinajstić information content (AvgIpc) is 2.95. The summed E-state index contributed by atoms with van der Waals surface area (Å²) in [6, 6.07) is 8.06. The highest BCUT2D eigenvalue weighted by Crippen LogP contribution is 2.21. The van der Waals surface area contributed by atoms with E-state index in [1.807, 2.05) is 18.3 Å². The summed E-state index contributed by atoms with van der Waals surface area (Å²) < 4.78 is 2.12. The Hall–Kier alpha value is -2.10. The van der Waals surface area contributed by atoms with Gasteiger partial charge in [0.25, 0.3) is 0 Å². The first-order chi connectivity index (χ1) is 9.76. The van der Waals surface area contributed by atoms with Gasteiger partial charge in [-0.1, -0.05) is 19.1 Å². The normalized spacial score (nSPS) is 17.6. The van der Waals surface area contributed by atoms with Gasteiger partial charge in [-0.25, -0.2) is 4.98 Å². The Balaban J connectivity index is 1.65. The Morgan fingerprint density at radius 3 is 2.95 bits per heavy atom. The lowest BCUT2D eigenvalue weighted by Crippen LogP contribution is -2.30. The van der Waals surface area contributed by atoms with Gasteiger partial charge in [0.1, 0.15) is 5.82 Å². The number of nitrogens with one attached hydrogen (secondary N) is 1. The molecular formula is C16H19N3O. The van der Waals surface area contributed by atoms with Gasteiger partial charge in [0.05, 0.1) is 0 Å². The maximum Gasteiger partial charge on any atom is 0.228 e. The van der Waals surface area contributed by atoms with Crippen LogP contribution in [-0.4, -0.2) is 15.5 Å². The molecule has 0 saturated heterocycles. The van der Waals surface area contributed by atoms with Crippen LogP contribution in [0.3, 0.4) is 0 Å². The number of nitrogens with zero attached hydrogens (tertiary/aromatic N) is 2. The molecule has 4 nitrogen and oxygen atoms in total. The topological polar surface area (TPSA) is 46.9 Å². The van der Waals surface area contributed by atoms with E-state index >= 15 is 0 Å². The highest BCUT2D eigenvalue weighted by molar-refractivity contribution is 5.92. The number of hydrogen-bond acceptors (Lipinski definition) is 2. The fraction of sp³-hybridized carbons (Fsp3) is 0.375. The van der Waals surface area contributed by atoms with Gasteiger partial charge in [-0.3, -0.25) is 4.79 Å². The van der Waals surface area contributed by atoms with E-state index in [0.717, 1.165) is 37.3 Å². The molecule has 0 bridgehead atoms. The summed E-state index contributed by atoms with van der Waals surface area (Å²) >= 11 is 0. The van der Waals surface area contributed by atoms with Crippen molar-refractivity contribution in [2.24, 2.45) is 5.92 Å². The number of benzene rings is 1. The molecule has 1 aromatic carbocycles. The monoisotopic (exact) mass is 269 g/mol. The second kappa shape index (κ2) is 5.49. The van der Waals surface area contributed by atoms with Crippen molar-refractivity contribution < 1.29 is 4.79 Å². The van der Waals surface area contributed by atoms with Crippen LogP contribution < -0.4 is 5.32 Å². The number of carbonyl (C=O) groups is 1. The van der Waals surface area contributed by atoms with E-state index in [1.165, 1.54) is 5.56 Å². The quantitative estimate of drug-likeness (QED) is 0.931. The summed E-state index contributed by atoms with van der Waals surface area (Å²) in [6.45, 7) is 3.00. The first kappa shape index (κ1) is 12.9. The second-order valence-electron chi connectivity index (χ2n) is 5.27. The van der Waals surface area contributed by atoms with E-state index in [-0.39, 0.29) is 11.8 Å². The van der Waals surface area contributed by atoms with Crippen LogP contribution in [0.4, 0.5) is 5.69 Å². The number of fused-ring (bicyclic) bond motifs is 1. The highest BCUT2D eigenvalue weighted by atomic mass is 16.1. The lowest BCUT2D eigenvalue weighted by molar-refractivity contribution is -0.120. The minimum absolute atomic E-state index is 0.0238. The van der Waals surface area contributed by atoms with Gasteiger partial charge in [-0.05, 0) is 30.5 Å².